The molecule has 1 aliphatic heterocycles. The molecule has 0 aromatic rings. The Kier molecular flexibility index (Phi) is 6.46. The van der Waals surface area contributed by atoms with Gasteiger partial charge in [-0.15, -0.1) is 0 Å². The van der Waals surface area contributed by atoms with E-state index in [0.29, 0.717) is 18.8 Å². The predicted octanol–water partition coefficient (Wildman–Crippen LogP) is 1.22. The fourth-order valence-electron chi connectivity index (χ4n) is 2.11. The van der Waals surface area contributed by atoms with Gasteiger partial charge in [0.2, 0.25) is 0 Å². The number of hydrogen-bond donors (Lipinski definition) is 3. The summed E-state index contributed by atoms with van der Waals surface area (Å²) in [5.41, 5.74) is 4.52. The van der Waals surface area contributed by atoms with Crippen LogP contribution in [0.3, 0.4) is 0 Å². The number of carboxylic acid groups (broad SMARTS) is 1. The Morgan fingerprint density at radius 3 is 2.50 bits per heavy atom. The number of nitrogens with two attached hydrogens (primary N) is 1. The molecule has 0 spiro atoms. The Hall–Kier alpha value is -2.90. The van der Waals surface area contributed by atoms with Gasteiger partial charge >= 0.3 is 12.0 Å². The van der Waals surface area contributed by atoms with Crippen LogP contribution in [0.1, 0.15) is 13.8 Å². The van der Waals surface area contributed by atoms with Gasteiger partial charge in [-0.1, -0.05) is 12.2 Å². The first kappa shape index (κ1) is 19.1. The number of hydrogen-bond acceptors (Lipinski definition) is 4. The van der Waals surface area contributed by atoms with E-state index in [1.807, 2.05) is 0 Å². The fourth-order valence-corrected chi connectivity index (χ4v) is 2.11. The monoisotopic (exact) mass is 333 g/mol. The van der Waals surface area contributed by atoms with Crippen LogP contribution in [0, 0.1) is 5.41 Å². The predicted molar refractivity (Wildman–Crippen MR) is 93.2 cm³/mol. The number of amides is 2. The highest BCUT2D eigenvalue weighted by molar-refractivity contribution is 5.89. The Labute approximate surface area is 141 Å². The van der Waals surface area contributed by atoms with Gasteiger partial charge in [0, 0.05) is 32.0 Å². The highest BCUT2D eigenvalue weighted by Crippen LogP contribution is 2.24. The van der Waals surface area contributed by atoms with Gasteiger partial charge < -0.3 is 15.7 Å². The van der Waals surface area contributed by atoms with E-state index in [1.165, 1.54) is 29.7 Å². The minimum absolute atomic E-state index is 0.0769. The number of aliphatic imine (C=N–C) groups is 1. The summed E-state index contributed by atoms with van der Waals surface area (Å²) < 4.78 is 0. The fraction of sp³-hybridized carbons (Fsp3) is 0.375. The number of allylic oxidation sites excluding steroid dienone is 4. The smallest absolute Gasteiger partial charge is 0.329 e. The van der Waals surface area contributed by atoms with Crippen molar-refractivity contribution in [1.82, 2.24) is 9.80 Å². The van der Waals surface area contributed by atoms with Gasteiger partial charge in [0.25, 0.3) is 0 Å². The molecule has 1 heterocycles. The molecule has 0 atom stereocenters. The number of carbonyl (C=O) groups is 2. The van der Waals surface area contributed by atoms with E-state index < -0.39 is 11.5 Å². The Balaban J connectivity index is 3.03. The van der Waals surface area contributed by atoms with Crippen molar-refractivity contribution >= 4 is 24.1 Å². The Bertz CT molecular complexity index is 632. The summed E-state index contributed by atoms with van der Waals surface area (Å²) in [5, 5.41) is 16.4. The molecule has 1 saturated heterocycles. The topological polar surface area (TPSA) is 123 Å². The minimum Gasteiger partial charge on any atom is -0.480 e. The maximum Gasteiger partial charge on any atom is 0.329 e. The molecule has 0 aliphatic carbocycles. The third-order valence-corrected chi connectivity index (χ3v) is 3.57. The van der Waals surface area contributed by atoms with Crippen LogP contribution in [0.15, 0.2) is 41.1 Å². The van der Waals surface area contributed by atoms with Gasteiger partial charge in [0.05, 0.1) is 0 Å². The van der Waals surface area contributed by atoms with E-state index in [4.69, 9.17) is 11.1 Å². The number of aliphatic carboxylic acids is 1. The van der Waals surface area contributed by atoms with Gasteiger partial charge in [0.15, 0.2) is 0 Å². The van der Waals surface area contributed by atoms with Crippen LogP contribution in [0.2, 0.25) is 0 Å². The third kappa shape index (κ3) is 4.55. The van der Waals surface area contributed by atoms with Crippen LogP contribution >= 0.6 is 0 Å². The highest BCUT2D eigenvalue weighted by atomic mass is 16.4. The van der Waals surface area contributed by atoms with Crippen LogP contribution in [-0.2, 0) is 4.79 Å². The van der Waals surface area contributed by atoms with Gasteiger partial charge in [-0.2, -0.15) is 0 Å². The summed E-state index contributed by atoms with van der Waals surface area (Å²) in [6.45, 7) is 3.69. The molecule has 1 rings (SSSR count). The van der Waals surface area contributed by atoms with E-state index >= 15 is 0 Å². The maximum absolute atomic E-state index is 12.6. The normalized spacial score (nSPS) is 17.0. The molecule has 0 aromatic carbocycles. The van der Waals surface area contributed by atoms with Gasteiger partial charge in [-0.25, -0.2) is 9.59 Å². The molecular formula is C16H23N5O3. The molecular weight excluding hydrogens is 310 g/mol. The molecule has 0 radical (unpaired) electrons. The molecule has 0 aromatic heterocycles. The molecule has 1 fully saturated rings. The summed E-state index contributed by atoms with van der Waals surface area (Å²) in [5.74, 6) is -1.13. The first-order valence-electron chi connectivity index (χ1n) is 7.35. The van der Waals surface area contributed by atoms with Crippen molar-refractivity contribution in [3.8, 4) is 0 Å². The lowest BCUT2D eigenvalue weighted by atomic mass is 10.0. The molecule has 8 nitrogen and oxygen atoms in total. The van der Waals surface area contributed by atoms with E-state index in [2.05, 4.69) is 4.99 Å². The van der Waals surface area contributed by atoms with Crippen molar-refractivity contribution in [2.75, 3.05) is 20.1 Å². The first-order chi connectivity index (χ1) is 11.2. The third-order valence-electron chi connectivity index (χ3n) is 3.57. The molecule has 4 N–H and O–H groups in total. The first-order valence-corrected chi connectivity index (χ1v) is 7.35. The van der Waals surface area contributed by atoms with Crippen LogP contribution in [0.5, 0.6) is 0 Å². The van der Waals surface area contributed by atoms with E-state index in [-0.39, 0.29) is 11.9 Å². The summed E-state index contributed by atoms with van der Waals surface area (Å²) in [7, 11) is 1.61. The Morgan fingerprint density at radius 1 is 1.33 bits per heavy atom. The number of carboxylic acids is 1. The molecule has 0 saturated carbocycles. The lowest BCUT2D eigenvalue weighted by molar-refractivity contribution is -0.147. The van der Waals surface area contributed by atoms with Gasteiger partial charge in [-0.05, 0) is 32.1 Å². The summed E-state index contributed by atoms with van der Waals surface area (Å²) in [4.78, 5) is 30.7. The maximum atomic E-state index is 12.6. The highest BCUT2D eigenvalue weighted by Gasteiger charge is 2.43. The van der Waals surface area contributed by atoms with Crippen LogP contribution in [-0.4, -0.2) is 64.6 Å². The lowest BCUT2D eigenvalue weighted by Gasteiger charge is -2.31. The zero-order valence-corrected chi connectivity index (χ0v) is 14.1. The van der Waals surface area contributed by atoms with Crippen molar-refractivity contribution in [2.24, 2.45) is 10.7 Å². The SMILES string of the molecule is CN=C\C=C(/C=C\C=C\C(=N)N)N1CCN(C(C)(C)C(=O)O)C1=O. The molecule has 130 valence electrons. The second-order valence-corrected chi connectivity index (χ2v) is 5.62. The number of urea groups is 1. The van der Waals surface area contributed by atoms with Crippen molar-refractivity contribution in [3.63, 3.8) is 0 Å². The molecule has 0 bridgehead atoms. The molecule has 8 heteroatoms. The van der Waals surface area contributed by atoms with Gasteiger partial charge in [-0.3, -0.25) is 15.3 Å². The van der Waals surface area contributed by atoms with E-state index in [0.717, 1.165) is 0 Å². The van der Waals surface area contributed by atoms with Crippen molar-refractivity contribution in [2.45, 2.75) is 19.4 Å². The average molecular weight is 333 g/mol. The number of nitrogens with one attached hydrogen (secondary N) is 1. The van der Waals surface area contributed by atoms with Crippen LogP contribution < -0.4 is 5.73 Å². The van der Waals surface area contributed by atoms with Crippen LogP contribution in [0.25, 0.3) is 0 Å². The zero-order valence-electron chi connectivity index (χ0n) is 14.1. The molecule has 0 unspecified atom stereocenters. The lowest BCUT2D eigenvalue weighted by Crippen LogP contribution is -2.51. The molecule has 2 amide bonds. The second-order valence-electron chi connectivity index (χ2n) is 5.62. The van der Waals surface area contributed by atoms with E-state index in [9.17, 15) is 14.7 Å². The summed E-state index contributed by atoms with van der Waals surface area (Å²) in [6.07, 6.45) is 9.53. The van der Waals surface area contributed by atoms with Gasteiger partial charge in [0.1, 0.15) is 11.4 Å². The number of amidine groups is 1. The standard InChI is InChI=1S/C16H23N5O3/c1-16(2,14(22)23)21-11-10-20(15(21)24)12(8-9-19-3)6-4-5-7-13(17)18/h4-9H,10-11H2,1-3H3,(H3,17,18)(H,22,23)/b6-4-,7-5+,12-8+,19-9?. The molecule has 24 heavy (non-hydrogen) atoms. The number of rotatable bonds is 7. The molecule has 1 aliphatic rings. The Morgan fingerprint density at radius 2 is 1.96 bits per heavy atom. The van der Waals surface area contributed by atoms with Crippen molar-refractivity contribution < 1.29 is 14.7 Å². The minimum atomic E-state index is -1.28. The summed E-state index contributed by atoms with van der Waals surface area (Å²) in [6, 6.07) is -0.377. The average Bonchev–Trinajstić information content (AvgIpc) is 2.88. The quantitative estimate of drug-likeness (QED) is 0.368. The zero-order chi connectivity index (χ0) is 18.3. The number of carbonyl (C=O) groups excluding carboxylic acids is 1. The van der Waals surface area contributed by atoms with Crippen molar-refractivity contribution in [1.29, 1.82) is 5.41 Å². The van der Waals surface area contributed by atoms with E-state index in [1.54, 1.807) is 37.6 Å². The van der Waals surface area contributed by atoms with Crippen molar-refractivity contribution in [3.05, 3.63) is 36.1 Å². The largest absolute Gasteiger partial charge is 0.480 e. The van der Waals surface area contributed by atoms with Crippen LogP contribution in [0.4, 0.5) is 4.79 Å². The second kappa shape index (κ2) is 8.09. The number of nitrogens with zero attached hydrogens (tertiary/aromatic N) is 3. The summed E-state index contributed by atoms with van der Waals surface area (Å²) >= 11 is 0.